The molecule has 0 spiro atoms. The van der Waals surface area contributed by atoms with Crippen molar-refractivity contribution in [3.63, 3.8) is 0 Å². The molecule has 7 nitrogen and oxygen atoms in total. The van der Waals surface area contributed by atoms with Gasteiger partial charge in [-0.2, -0.15) is 0 Å². The van der Waals surface area contributed by atoms with Crippen LogP contribution >= 0.6 is 0 Å². The summed E-state index contributed by atoms with van der Waals surface area (Å²) in [5, 5.41) is 18.3. The van der Waals surface area contributed by atoms with E-state index in [9.17, 15) is 19.5 Å². The number of rotatable bonds is 3. The molecule has 0 aliphatic carbocycles. The van der Waals surface area contributed by atoms with Crippen molar-refractivity contribution >= 4 is 18.1 Å². The lowest BCUT2D eigenvalue weighted by molar-refractivity contribution is -0.146. The molecule has 1 fully saturated rings. The first-order chi connectivity index (χ1) is 9.36. The second-order valence-corrected chi connectivity index (χ2v) is 4.82. The molecule has 0 aromatic heterocycles. The number of urea groups is 1. The van der Waals surface area contributed by atoms with Crippen LogP contribution in [0.25, 0.3) is 0 Å². The van der Waals surface area contributed by atoms with E-state index in [1.807, 2.05) is 6.07 Å². The second kappa shape index (κ2) is 4.84. The van der Waals surface area contributed by atoms with Crippen molar-refractivity contribution in [2.75, 3.05) is 6.54 Å². The van der Waals surface area contributed by atoms with Gasteiger partial charge in [-0.3, -0.25) is 0 Å². The zero-order valence-corrected chi connectivity index (χ0v) is 10.8. The minimum atomic E-state index is -1.77. The van der Waals surface area contributed by atoms with Crippen molar-refractivity contribution in [3.8, 4) is 0 Å². The van der Waals surface area contributed by atoms with Crippen LogP contribution in [-0.4, -0.2) is 50.2 Å². The summed E-state index contributed by atoms with van der Waals surface area (Å²) < 4.78 is 0. The number of nitrogens with zero attached hydrogens (tertiary/aromatic N) is 2. The van der Waals surface area contributed by atoms with E-state index in [2.05, 4.69) is 0 Å². The minimum absolute atomic E-state index is 0.173. The van der Waals surface area contributed by atoms with Crippen molar-refractivity contribution in [2.24, 2.45) is 0 Å². The van der Waals surface area contributed by atoms with Crippen molar-refractivity contribution in [1.82, 2.24) is 9.80 Å². The highest BCUT2D eigenvalue weighted by molar-refractivity contribution is 6.00. The van der Waals surface area contributed by atoms with Gasteiger partial charge in [0.05, 0.1) is 6.54 Å². The fraction of sp³-hybridized carbons (Fsp3) is 0.308. The molecule has 3 amide bonds. The van der Waals surface area contributed by atoms with E-state index < -0.39 is 23.6 Å². The van der Waals surface area contributed by atoms with Gasteiger partial charge in [-0.1, -0.05) is 30.3 Å². The molecule has 20 heavy (non-hydrogen) atoms. The van der Waals surface area contributed by atoms with Crippen LogP contribution in [0.15, 0.2) is 30.3 Å². The quantitative estimate of drug-likeness (QED) is 0.871. The van der Waals surface area contributed by atoms with Gasteiger partial charge < -0.3 is 15.1 Å². The van der Waals surface area contributed by atoms with E-state index in [1.54, 1.807) is 24.3 Å². The standard InChI is InChI=1S/C13H14N2O5/c1-13(10(16)17)8-14(11(18)15(13)12(19)20)7-9-5-3-2-4-6-9/h2-6H,7-8H2,1H3,(H,16,17)(H,19,20). The molecule has 1 aliphatic rings. The Labute approximate surface area is 115 Å². The Balaban J connectivity index is 2.28. The number of amides is 3. The molecule has 1 unspecified atom stereocenters. The molecule has 1 heterocycles. The Morgan fingerprint density at radius 3 is 2.30 bits per heavy atom. The molecule has 0 radical (unpaired) electrons. The Hall–Kier alpha value is -2.57. The number of hydrogen-bond acceptors (Lipinski definition) is 3. The summed E-state index contributed by atoms with van der Waals surface area (Å²) in [5.74, 6) is -1.34. The molecule has 1 aromatic rings. The minimum Gasteiger partial charge on any atom is -0.479 e. The first-order valence-corrected chi connectivity index (χ1v) is 5.95. The summed E-state index contributed by atoms with van der Waals surface area (Å²) >= 11 is 0. The highest BCUT2D eigenvalue weighted by atomic mass is 16.4. The predicted molar refractivity (Wildman–Crippen MR) is 68.2 cm³/mol. The van der Waals surface area contributed by atoms with Crippen LogP contribution in [0, 0.1) is 0 Å². The fourth-order valence-electron chi connectivity index (χ4n) is 2.25. The molecular weight excluding hydrogens is 264 g/mol. The summed E-state index contributed by atoms with van der Waals surface area (Å²) in [6.07, 6.45) is -1.56. The molecule has 106 valence electrons. The highest BCUT2D eigenvalue weighted by Crippen LogP contribution is 2.28. The number of carboxylic acid groups (broad SMARTS) is 2. The van der Waals surface area contributed by atoms with Crippen LogP contribution in [-0.2, 0) is 11.3 Å². The zero-order chi connectivity index (χ0) is 14.9. The van der Waals surface area contributed by atoms with Crippen molar-refractivity contribution in [1.29, 1.82) is 0 Å². The molecule has 1 saturated heterocycles. The van der Waals surface area contributed by atoms with Crippen LogP contribution in [0.1, 0.15) is 12.5 Å². The van der Waals surface area contributed by atoms with E-state index in [0.29, 0.717) is 4.90 Å². The third-order valence-electron chi connectivity index (χ3n) is 3.32. The number of hydrogen-bond donors (Lipinski definition) is 2. The number of carbonyl (C=O) groups excluding carboxylic acids is 1. The van der Waals surface area contributed by atoms with Gasteiger partial charge in [0.1, 0.15) is 0 Å². The Bertz CT molecular complexity index is 559. The smallest absolute Gasteiger partial charge is 0.416 e. The van der Waals surface area contributed by atoms with Gasteiger partial charge >= 0.3 is 18.1 Å². The van der Waals surface area contributed by atoms with Crippen LogP contribution in [0.2, 0.25) is 0 Å². The van der Waals surface area contributed by atoms with E-state index in [0.717, 1.165) is 5.56 Å². The summed E-state index contributed by atoms with van der Waals surface area (Å²) in [4.78, 5) is 36.1. The first kappa shape index (κ1) is 13.9. The molecule has 2 N–H and O–H groups in total. The Morgan fingerprint density at radius 2 is 1.85 bits per heavy atom. The topological polar surface area (TPSA) is 98.2 Å². The zero-order valence-electron chi connectivity index (χ0n) is 10.8. The molecular formula is C13H14N2O5. The van der Waals surface area contributed by atoms with Crippen molar-refractivity contribution < 1.29 is 24.6 Å². The normalized spacial score (nSPS) is 22.1. The number of aliphatic carboxylic acids is 1. The maximum Gasteiger partial charge on any atom is 0.416 e. The van der Waals surface area contributed by atoms with Gasteiger partial charge in [0.15, 0.2) is 5.54 Å². The molecule has 1 atom stereocenters. The SMILES string of the molecule is CC1(C(=O)O)CN(Cc2ccccc2)C(=O)N1C(=O)O. The fourth-order valence-corrected chi connectivity index (χ4v) is 2.25. The summed E-state index contributed by atoms with van der Waals surface area (Å²) in [7, 11) is 0. The number of carbonyl (C=O) groups is 3. The second-order valence-electron chi connectivity index (χ2n) is 4.82. The lowest BCUT2D eigenvalue weighted by Gasteiger charge is -2.24. The lowest BCUT2D eigenvalue weighted by Crippen LogP contribution is -2.53. The monoisotopic (exact) mass is 278 g/mol. The molecule has 0 bridgehead atoms. The largest absolute Gasteiger partial charge is 0.479 e. The number of carboxylic acids is 1. The Morgan fingerprint density at radius 1 is 1.25 bits per heavy atom. The molecule has 1 aliphatic heterocycles. The van der Waals surface area contributed by atoms with E-state index >= 15 is 0 Å². The summed E-state index contributed by atoms with van der Waals surface area (Å²) in [6.45, 7) is 1.22. The van der Waals surface area contributed by atoms with Crippen LogP contribution in [0.5, 0.6) is 0 Å². The van der Waals surface area contributed by atoms with E-state index in [4.69, 9.17) is 5.11 Å². The van der Waals surface area contributed by atoms with E-state index in [-0.39, 0.29) is 13.1 Å². The third-order valence-corrected chi connectivity index (χ3v) is 3.32. The van der Waals surface area contributed by atoms with Gasteiger partial charge in [0.2, 0.25) is 0 Å². The molecule has 7 heteroatoms. The van der Waals surface area contributed by atoms with Gasteiger partial charge in [-0.15, -0.1) is 0 Å². The van der Waals surface area contributed by atoms with E-state index in [1.165, 1.54) is 11.8 Å². The lowest BCUT2D eigenvalue weighted by atomic mass is 10.0. The molecule has 1 aromatic carbocycles. The van der Waals surface area contributed by atoms with Gasteiger partial charge in [0, 0.05) is 6.54 Å². The van der Waals surface area contributed by atoms with Crippen LogP contribution in [0.4, 0.5) is 9.59 Å². The maximum absolute atomic E-state index is 12.1. The summed E-state index contributed by atoms with van der Waals surface area (Å²) in [5.41, 5.74) is -0.960. The molecule has 0 saturated carbocycles. The number of imide groups is 1. The van der Waals surface area contributed by atoms with Gasteiger partial charge in [0.25, 0.3) is 0 Å². The Kier molecular flexibility index (Phi) is 3.35. The number of benzene rings is 1. The van der Waals surface area contributed by atoms with Crippen molar-refractivity contribution in [2.45, 2.75) is 19.0 Å². The van der Waals surface area contributed by atoms with Gasteiger partial charge in [-0.05, 0) is 12.5 Å². The highest BCUT2D eigenvalue weighted by Gasteiger charge is 2.55. The maximum atomic E-state index is 12.1. The third kappa shape index (κ3) is 2.18. The molecule has 2 rings (SSSR count). The van der Waals surface area contributed by atoms with Crippen LogP contribution < -0.4 is 0 Å². The summed E-state index contributed by atoms with van der Waals surface area (Å²) in [6, 6.07) is 8.16. The average Bonchev–Trinajstić information content (AvgIpc) is 2.63. The first-order valence-electron chi connectivity index (χ1n) is 5.95. The average molecular weight is 278 g/mol. The predicted octanol–water partition coefficient (Wildman–Crippen LogP) is 1.45. The van der Waals surface area contributed by atoms with Crippen LogP contribution in [0.3, 0.4) is 0 Å². The van der Waals surface area contributed by atoms with Gasteiger partial charge in [-0.25, -0.2) is 19.3 Å². The van der Waals surface area contributed by atoms with Crippen molar-refractivity contribution in [3.05, 3.63) is 35.9 Å².